The summed E-state index contributed by atoms with van der Waals surface area (Å²) in [6.07, 6.45) is 0. The van der Waals surface area contributed by atoms with Crippen LogP contribution in [0.15, 0.2) is 78.9 Å². The number of rotatable bonds is 3. The van der Waals surface area contributed by atoms with Crippen molar-refractivity contribution in [1.82, 2.24) is 19.6 Å². The molecule has 0 bridgehead atoms. The quantitative estimate of drug-likeness (QED) is 0.465. The van der Waals surface area contributed by atoms with Crippen molar-refractivity contribution in [1.29, 1.82) is 0 Å². The summed E-state index contributed by atoms with van der Waals surface area (Å²) in [7, 11) is 0. The average Bonchev–Trinajstić information content (AvgIpc) is 3.14. The van der Waals surface area contributed by atoms with E-state index in [1.54, 1.807) is 4.52 Å². The molecule has 0 fully saturated rings. The van der Waals surface area contributed by atoms with Crippen molar-refractivity contribution in [2.24, 2.45) is 0 Å². The lowest BCUT2D eigenvalue weighted by molar-refractivity contribution is 0.949. The summed E-state index contributed by atoms with van der Waals surface area (Å²) >= 11 is 5.96. The first-order chi connectivity index (χ1) is 13.3. The number of anilines is 2. The average molecular weight is 372 g/mol. The fourth-order valence-electron chi connectivity index (χ4n) is 3.05. The van der Waals surface area contributed by atoms with E-state index >= 15 is 0 Å². The van der Waals surface area contributed by atoms with Crippen molar-refractivity contribution in [3.8, 4) is 11.4 Å². The van der Waals surface area contributed by atoms with Gasteiger partial charge in [0.2, 0.25) is 5.95 Å². The van der Waals surface area contributed by atoms with E-state index in [0.29, 0.717) is 11.0 Å². The van der Waals surface area contributed by atoms with Crippen molar-refractivity contribution in [3.63, 3.8) is 0 Å². The number of benzene rings is 3. The van der Waals surface area contributed by atoms with E-state index in [0.717, 1.165) is 33.6 Å². The third-order valence-electron chi connectivity index (χ3n) is 4.31. The Labute approximate surface area is 160 Å². The summed E-state index contributed by atoms with van der Waals surface area (Å²) in [5.74, 6) is 1.26. The van der Waals surface area contributed by atoms with Crippen LogP contribution in [0.2, 0.25) is 5.02 Å². The van der Waals surface area contributed by atoms with Gasteiger partial charge in [-0.3, -0.25) is 0 Å². The Balaban J connectivity index is 1.72. The van der Waals surface area contributed by atoms with Crippen LogP contribution in [0, 0.1) is 0 Å². The van der Waals surface area contributed by atoms with Crippen molar-refractivity contribution >= 4 is 39.8 Å². The molecule has 3 aromatic carbocycles. The molecular weight excluding hydrogens is 358 g/mol. The summed E-state index contributed by atoms with van der Waals surface area (Å²) in [5, 5.41) is 9.53. The van der Waals surface area contributed by atoms with Gasteiger partial charge in [0.05, 0.1) is 5.52 Å². The van der Waals surface area contributed by atoms with E-state index in [1.165, 1.54) is 0 Å². The van der Waals surface area contributed by atoms with Gasteiger partial charge in [0.1, 0.15) is 0 Å². The SMILES string of the molecule is Clc1ccc(Nc2nc3c4ccccc4nc(-c4ccccc4)n3n2)cc1. The summed E-state index contributed by atoms with van der Waals surface area (Å²) in [6, 6.07) is 25.4. The molecule has 5 aromatic rings. The van der Waals surface area contributed by atoms with Gasteiger partial charge in [0, 0.05) is 21.7 Å². The number of hydrogen-bond acceptors (Lipinski definition) is 4. The summed E-state index contributed by atoms with van der Waals surface area (Å²) in [4.78, 5) is 9.53. The van der Waals surface area contributed by atoms with E-state index in [4.69, 9.17) is 21.6 Å². The lowest BCUT2D eigenvalue weighted by Gasteiger charge is -2.06. The minimum Gasteiger partial charge on any atom is -0.323 e. The summed E-state index contributed by atoms with van der Waals surface area (Å²) < 4.78 is 1.79. The fourth-order valence-corrected chi connectivity index (χ4v) is 3.17. The molecule has 0 aliphatic carbocycles. The molecule has 0 aliphatic heterocycles. The highest BCUT2D eigenvalue weighted by Crippen LogP contribution is 2.26. The third-order valence-corrected chi connectivity index (χ3v) is 4.56. The van der Waals surface area contributed by atoms with Crippen LogP contribution in [0.3, 0.4) is 0 Å². The molecular formula is C21H14ClN5. The van der Waals surface area contributed by atoms with Crippen LogP contribution in [0.5, 0.6) is 0 Å². The van der Waals surface area contributed by atoms with Gasteiger partial charge in [-0.05, 0) is 36.4 Å². The lowest BCUT2D eigenvalue weighted by atomic mass is 10.2. The Bertz CT molecular complexity index is 1250. The highest BCUT2D eigenvalue weighted by molar-refractivity contribution is 6.30. The van der Waals surface area contributed by atoms with Crippen LogP contribution in [0.25, 0.3) is 27.9 Å². The van der Waals surface area contributed by atoms with E-state index in [1.807, 2.05) is 78.9 Å². The molecule has 5 rings (SSSR count). The van der Waals surface area contributed by atoms with E-state index in [-0.39, 0.29) is 0 Å². The molecule has 0 atom stereocenters. The molecule has 0 unspecified atom stereocenters. The second kappa shape index (κ2) is 6.37. The number of halogens is 1. The topological polar surface area (TPSA) is 55.1 Å². The Morgan fingerprint density at radius 1 is 0.778 bits per heavy atom. The highest BCUT2D eigenvalue weighted by atomic mass is 35.5. The molecule has 1 N–H and O–H groups in total. The van der Waals surface area contributed by atoms with E-state index in [2.05, 4.69) is 10.4 Å². The van der Waals surface area contributed by atoms with Crippen molar-refractivity contribution in [3.05, 3.63) is 83.9 Å². The molecule has 27 heavy (non-hydrogen) atoms. The Hall–Kier alpha value is -3.44. The van der Waals surface area contributed by atoms with Crippen molar-refractivity contribution in [2.45, 2.75) is 0 Å². The van der Waals surface area contributed by atoms with Crippen LogP contribution < -0.4 is 5.32 Å². The molecule has 0 spiro atoms. The van der Waals surface area contributed by atoms with Crippen molar-refractivity contribution < 1.29 is 0 Å². The zero-order chi connectivity index (χ0) is 18.2. The second-order valence-corrected chi connectivity index (χ2v) is 6.56. The molecule has 0 amide bonds. The van der Waals surface area contributed by atoms with Gasteiger partial charge >= 0.3 is 0 Å². The highest BCUT2D eigenvalue weighted by Gasteiger charge is 2.14. The largest absolute Gasteiger partial charge is 0.323 e. The standard InChI is InChI=1S/C21H14ClN5/c22-15-10-12-16(13-11-15)23-21-25-20-17-8-4-5-9-18(17)24-19(27(20)26-21)14-6-2-1-3-7-14/h1-13H,(H,23,26). The number of nitrogens with zero attached hydrogens (tertiary/aromatic N) is 4. The van der Waals surface area contributed by atoms with Gasteiger partial charge in [0.25, 0.3) is 0 Å². The minimum absolute atomic E-state index is 0.507. The van der Waals surface area contributed by atoms with Gasteiger partial charge in [-0.15, -0.1) is 5.10 Å². The number of hydrogen-bond donors (Lipinski definition) is 1. The third kappa shape index (κ3) is 2.88. The predicted molar refractivity (Wildman–Crippen MR) is 108 cm³/mol. The molecule has 5 nitrogen and oxygen atoms in total. The van der Waals surface area contributed by atoms with Crippen LogP contribution in [-0.2, 0) is 0 Å². The van der Waals surface area contributed by atoms with Crippen LogP contribution in [0.1, 0.15) is 0 Å². The number of fused-ring (bicyclic) bond motifs is 3. The van der Waals surface area contributed by atoms with Gasteiger partial charge in [-0.1, -0.05) is 54.1 Å². The molecule has 130 valence electrons. The molecule has 6 heteroatoms. The number of para-hydroxylation sites is 1. The van der Waals surface area contributed by atoms with E-state index < -0.39 is 0 Å². The van der Waals surface area contributed by atoms with Gasteiger partial charge in [-0.2, -0.15) is 9.50 Å². The Kier molecular flexibility index (Phi) is 3.73. The van der Waals surface area contributed by atoms with Crippen LogP contribution in [-0.4, -0.2) is 19.6 Å². The Morgan fingerprint density at radius 3 is 2.33 bits per heavy atom. The van der Waals surface area contributed by atoms with Gasteiger partial charge in [0.15, 0.2) is 11.5 Å². The zero-order valence-electron chi connectivity index (χ0n) is 14.2. The molecule has 2 aromatic heterocycles. The second-order valence-electron chi connectivity index (χ2n) is 6.12. The number of aromatic nitrogens is 4. The minimum atomic E-state index is 0.507. The normalized spacial score (nSPS) is 11.1. The molecule has 0 saturated carbocycles. The van der Waals surface area contributed by atoms with E-state index in [9.17, 15) is 0 Å². The molecule has 0 saturated heterocycles. The molecule has 0 radical (unpaired) electrons. The van der Waals surface area contributed by atoms with Gasteiger partial charge in [-0.25, -0.2) is 4.98 Å². The first-order valence-electron chi connectivity index (χ1n) is 8.51. The molecule has 0 aliphatic rings. The predicted octanol–water partition coefficient (Wildman–Crippen LogP) is 5.34. The zero-order valence-corrected chi connectivity index (χ0v) is 14.9. The maximum absolute atomic E-state index is 5.96. The van der Waals surface area contributed by atoms with Crippen LogP contribution >= 0.6 is 11.6 Å². The summed E-state index contributed by atoms with van der Waals surface area (Å²) in [5.41, 5.74) is 3.50. The van der Waals surface area contributed by atoms with Gasteiger partial charge < -0.3 is 5.32 Å². The van der Waals surface area contributed by atoms with Crippen molar-refractivity contribution in [2.75, 3.05) is 5.32 Å². The maximum Gasteiger partial charge on any atom is 0.247 e. The monoisotopic (exact) mass is 371 g/mol. The Morgan fingerprint density at radius 2 is 1.52 bits per heavy atom. The number of nitrogens with one attached hydrogen (secondary N) is 1. The molecule has 2 heterocycles. The summed E-state index contributed by atoms with van der Waals surface area (Å²) in [6.45, 7) is 0. The fraction of sp³-hybridized carbons (Fsp3) is 0. The van der Waals surface area contributed by atoms with Crippen LogP contribution in [0.4, 0.5) is 11.6 Å². The lowest BCUT2D eigenvalue weighted by Crippen LogP contribution is -1.99. The first-order valence-corrected chi connectivity index (χ1v) is 8.89. The maximum atomic E-state index is 5.96. The first kappa shape index (κ1) is 15.8. The smallest absolute Gasteiger partial charge is 0.247 e.